The number of benzene rings is 1. The molecule has 0 radical (unpaired) electrons. The average molecular weight is 1810 g/mol. The minimum absolute atomic E-state index is 0.00300. The zero-order valence-electron chi connectivity index (χ0n) is 75.3. The first-order chi connectivity index (χ1) is 60.0. The number of likely N-dealkylation sites (N-methyl/N-ethyl adjacent to an activating group) is 1. The maximum atomic E-state index is 12.2. The molecule has 0 aromatic heterocycles. The number of methoxy groups -OCH3 is 1. The molecule has 35 heteroatoms. The summed E-state index contributed by atoms with van der Waals surface area (Å²) in [6.45, 7) is 6.36. The zero-order chi connectivity index (χ0) is 92.2. The van der Waals surface area contributed by atoms with Crippen LogP contribution in [0.1, 0.15) is 274 Å². The molecule has 0 spiro atoms. The molecule has 0 saturated heterocycles. The van der Waals surface area contributed by atoms with E-state index in [1.807, 2.05) is 19.6 Å². The summed E-state index contributed by atoms with van der Waals surface area (Å²) in [7, 11) is 3.39. The highest BCUT2D eigenvalue weighted by molar-refractivity contribution is 7.99. The van der Waals surface area contributed by atoms with Gasteiger partial charge in [-0.3, -0.25) is 52.7 Å². The van der Waals surface area contributed by atoms with E-state index >= 15 is 0 Å². The highest BCUT2D eigenvalue weighted by Gasteiger charge is 2.23. The Labute approximate surface area is 746 Å². The minimum atomic E-state index is -1.11. The van der Waals surface area contributed by atoms with Gasteiger partial charge in [-0.05, 0) is 114 Å². The van der Waals surface area contributed by atoms with E-state index in [0.29, 0.717) is 161 Å². The lowest BCUT2D eigenvalue weighted by Crippen LogP contribution is -2.42. The number of hydrogen-bond donors (Lipinski definition) is 11. The van der Waals surface area contributed by atoms with Crippen LogP contribution in [-0.2, 0) is 95.4 Å². The van der Waals surface area contributed by atoms with Crippen molar-refractivity contribution in [1.29, 1.82) is 0 Å². The molecule has 2 unspecified atom stereocenters. The lowest BCUT2D eigenvalue weighted by Gasteiger charge is -2.14. The topological polar surface area (TPSA) is 492 Å². The van der Waals surface area contributed by atoms with Crippen molar-refractivity contribution in [3.05, 3.63) is 29.8 Å². The van der Waals surface area contributed by atoms with Gasteiger partial charge in [0.1, 0.15) is 49.8 Å². The number of hydrogen-bond acceptors (Lipinski definition) is 26. The number of nitrogens with one attached hydrogen (secondary N) is 5. The largest absolute Gasteiger partial charge is 0.494 e. The molecule has 12 N–H and O–H groups in total. The lowest BCUT2D eigenvalue weighted by atomic mass is 9.94. The van der Waals surface area contributed by atoms with Crippen molar-refractivity contribution in [1.82, 2.24) is 26.6 Å². The molecule has 0 aliphatic heterocycles. The molecule has 5 amide bonds. The molecular weight excluding hydrogens is 1650 g/mol. The highest BCUT2D eigenvalue weighted by atomic mass is 32.2. The quantitative estimate of drug-likeness (QED) is 0.0270. The van der Waals surface area contributed by atoms with Gasteiger partial charge in [0.2, 0.25) is 29.5 Å². The number of ether oxygens (including phenoxy) is 9. The summed E-state index contributed by atoms with van der Waals surface area (Å²) >= 11 is 2.93. The van der Waals surface area contributed by atoms with Gasteiger partial charge in [-0.15, -0.1) is 0 Å². The number of Topliss-reactive ketones (excluding diaryl/α,β-unsaturated/α-hetero) is 4. The summed E-state index contributed by atoms with van der Waals surface area (Å²) in [4.78, 5) is 148. The number of primary amides is 1. The Morgan fingerprint density at radius 2 is 0.806 bits per heavy atom. The fourth-order valence-electron chi connectivity index (χ4n) is 11.8. The first kappa shape index (κ1) is 121. The minimum Gasteiger partial charge on any atom is -0.494 e. The van der Waals surface area contributed by atoms with E-state index < -0.39 is 41.7 Å². The van der Waals surface area contributed by atoms with Gasteiger partial charge in [-0.1, -0.05) is 141 Å². The number of thioether (sulfide) groups is 2. The van der Waals surface area contributed by atoms with Crippen molar-refractivity contribution in [2.45, 2.75) is 269 Å². The molecule has 0 aliphatic carbocycles. The van der Waals surface area contributed by atoms with Crippen LogP contribution in [0.3, 0.4) is 0 Å². The molecule has 0 heterocycles. The van der Waals surface area contributed by atoms with Crippen molar-refractivity contribution < 1.29 is 130 Å². The van der Waals surface area contributed by atoms with E-state index in [4.69, 9.17) is 63.7 Å². The molecule has 0 bridgehead atoms. The number of rotatable bonds is 88. The molecule has 33 nitrogen and oxygen atoms in total. The van der Waals surface area contributed by atoms with E-state index in [-0.39, 0.29) is 131 Å². The molecule has 0 saturated carbocycles. The van der Waals surface area contributed by atoms with E-state index in [2.05, 4.69) is 26.6 Å². The van der Waals surface area contributed by atoms with Crippen molar-refractivity contribution >= 4 is 100 Å². The summed E-state index contributed by atoms with van der Waals surface area (Å²) in [6, 6.07) is 5.55. The maximum Gasteiger partial charge on any atom is 0.335 e. The smallest absolute Gasteiger partial charge is 0.335 e. The van der Waals surface area contributed by atoms with Gasteiger partial charge >= 0.3 is 23.9 Å². The Morgan fingerprint density at radius 3 is 1.28 bits per heavy atom. The molecule has 1 aromatic carbocycles. The Bertz CT molecular complexity index is 2850. The van der Waals surface area contributed by atoms with Crippen LogP contribution in [0.25, 0.3) is 0 Å². The number of aromatic carboxylic acids is 1. The van der Waals surface area contributed by atoms with Crippen LogP contribution >= 0.6 is 23.5 Å². The number of aliphatic hydroxyl groups is 1. The number of carboxylic acids is 4. The predicted octanol–water partition coefficient (Wildman–Crippen LogP) is 10.9. The molecule has 124 heavy (non-hydrogen) atoms. The predicted molar refractivity (Wildman–Crippen MR) is 480 cm³/mol. The number of amides is 5. The second-order valence-electron chi connectivity index (χ2n) is 30.0. The van der Waals surface area contributed by atoms with Crippen molar-refractivity contribution in [2.24, 2.45) is 11.7 Å². The van der Waals surface area contributed by atoms with Crippen molar-refractivity contribution in [2.75, 3.05) is 177 Å². The third-order valence-electron chi connectivity index (χ3n) is 18.7. The summed E-state index contributed by atoms with van der Waals surface area (Å²) in [5, 5.41) is 58.1. The van der Waals surface area contributed by atoms with Gasteiger partial charge in [0.05, 0.1) is 95.7 Å². The van der Waals surface area contributed by atoms with Crippen LogP contribution in [0.15, 0.2) is 24.3 Å². The van der Waals surface area contributed by atoms with Gasteiger partial charge in [-0.2, -0.15) is 23.5 Å². The molecular formula is C89H158N6O27S2. The van der Waals surface area contributed by atoms with Crippen molar-refractivity contribution in [3.8, 4) is 5.75 Å². The third kappa shape index (κ3) is 92.9. The normalized spacial score (nSPS) is 11.3. The second-order valence-corrected chi connectivity index (χ2v) is 31.7. The standard InChI is InChI=1S/C27H49NO7.C23H43N3O9S.C22H35NO4.C17H31NO7S/c1-35-21-20-28-25(30)19-18-23(27(33)34)22-24(29)16-14-12-10-8-6-4-2-3-5-7-9-11-13-15-17-26(31)32;1-24-9-11-33-13-14-34-16-19(27)6-5-10-32-12-15-35-17-21(28)26-20(23(30)31)7-3-4-8-25-22(29)18-36-2;23-21(24)13-11-9-7-5-3-1-2-4-6-8-10-12-18-27-20-16-14-19(15-17-20)22(25)26;1-26-14-16(21)4-2-6-18-17(22)13-25-11-10-23-8-3-5-15(20)12-24-9-7-19/h23H,2-22H2,1H3,(H,28,30)(H,31,32)(H,33,34);20,24H,3-18H2,1-2H3,(H,25,29)(H,26,28)(H,30,31);14-17H,1-13,18H2,(H2,23,24)(H,25,26);19H,2-14H2,1H3,(H,18,22). The van der Waals surface area contributed by atoms with Crippen LogP contribution in [-0.4, -0.2) is 285 Å². The number of carbonyl (C=O) groups is 13. The number of carbonyl (C=O) groups excluding carboxylic acids is 9. The fraction of sp³-hybridized carbons (Fsp3) is 0.787. The molecule has 0 aliphatic rings. The maximum absolute atomic E-state index is 12.2. The number of ketones is 4. The summed E-state index contributed by atoms with van der Waals surface area (Å²) in [6.07, 6.45) is 39.9. The van der Waals surface area contributed by atoms with Crippen LogP contribution < -0.4 is 37.1 Å². The summed E-state index contributed by atoms with van der Waals surface area (Å²) < 4.78 is 47.0. The summed E-state index contributed by atoms with van der Waals surface area (Å²) in [5.74, 6) is -3.95. The lowest BCUT2D eigenvalue weighted by molar-refractivity contribution is -0.144. The summed E-state index contributed by atoms with van der Waals surface area (Å²) in [5.41, 5.74) is 5.40. The number of aliphatic carboxylic acids is 3. The Balaban J connectivity index is -0.00000159. The number of aliphatic hydroxyl groups excluding tert-OH is 1. The number of unbranched alkanes of at least 4 members (excludes halogenated alkanes) is 25. The highest BCUT2D eigenvalue weighted by Crippen LogP contribution is 2.19. The fourth-order valence-corrected chi connectivity index (χ4v) is 12.6. The van der Waals surface area contributed by atoms with Crippen LogP contribution in [0.4, 0.5) is 0 Å². The molecule has 2 atom stereocenters. The monoisotopic (exact) mass is 1810 g/mol. The molecule has 1 rings (SSSR count). The SMILES string of the molecule is CNCCOCCOCC(=O)CCCOCCOCC(=O)NC(CCCCNC(=O)CSC)C(=O)O.COCCNC(=O)CCC(CC(=O)CCCCCCCCCCCCCCCCC(=O)O)C(=O)O.CSCC(=O)CCCNC(=O)COCCOCCCC(=O)COCCO.NC(=O)CCCCCCCCCCCCCCOc1ccc(C(=O)O)cc1. The van der Waals surface area contributed by atoms with Crippen LogP contribution in [0, 0.1) is 5.92 Å². The van der Waals surface area contributed by atoms with E-state index in [0.717, 1.165) is 70.1 Å². The van der Waals surface area contributed by atoms with Gasteiger partial charge in [0.15, 0.2) is 11.6 Å². The van der Waals surface area contributed by atoms with Crippen molar-refractivity contribution in [3.63, 3.8) is 0 Å². The van der Waals surface area contributed by atoms with Gasteiger partial charge in [0, 0.05) is 97.9 Å². The first-order valence-electron chi connectivity index (χ1n) is 44.8. The number of nitrogens with two attached hydrogens (primary N) is 1. The Kier molecular flexibility index (Phi) is 91.9. The van der Waals surface area contributed by atoms with Gasteiger partial charge in [-0.25, -0.2) is 9.59 Å². The van der Waals surface area contributed by atoms with E-state index in [1.165, 1.54) is 133 Å². The zero-order valence-corrected chi connectivity index (χ0v) is 77.0. The molecule has 0 fully saturated rings. The van der Waals surface area contributed by atoms with Gasteiger partial charge < -0.3 is 100 Å². The van der Waals surface area contributed by atoms with Crippen LogP contribution in [0.2, 0.25) is 0 Å². The molecule has 1 aromatic rings. The second kappa shape index (κ2) is 93.9. The van der Waals surface area contributed by atoms with Crippen LogP contribution in [0.5, 0.6) is 5.75 Å². The Morgan fingerprint density at radius 1 is 0.371 bits per heavy atom. The number of carboxylic acid groups (broad SMARTS) is 4. The molecule has 718 valence electrons. The third-order valence-corrected chi connectivity index (χ3v) is 19.9. The van der Waals surface area contributed by atoms with Gasteiger partial charge in [0.25, 0.3) is 0 Å². The first-order valence-corrected chi connectivity index (χ1v) is 47.6. The Hall–Kier alpha value is -6.77. The average Bonchev–Trinajstić information content (AvgIpc) is 0.908. The van der Waals surface area contributed by atoms with E-state index in [1.54, 1.807) is 31.4 Å². The van der Waals surface area contributed by atoms with E-state index in [9.17, 15) is 72.5 Å².